The van der Waals surface area contributed by atoms with E-state index in [-0.39, 0.29) is 44.1 Å². The number of nitrogens with zero attached hydrogens (tertiary/aromatic N) is 7. The molecule has 0 aromatic rings. The maximum atomic E-state index is 9.56. The topological polar surface area (TPSA) is 244 Å². The Morgan fingerprint density at radius 3 is 0.772 bits per heavy atom. The van der Waals surface area contributed by atoms with Gasteiger partial charge in [-0.25, -0.2) is 0 Å². The zero-order valence-corrected chi connectivity index (χ0v) is 87.4. The Bertz CT molecular complexity index is 2230. The smallest absolute Gasteiger partial charge is 0.373 e. The number of rotatable bonds is 24. The second kappa shape index (κ2) is 75.6. The van der Waals surface area contributed by atoms with Crippen LogP contribution in [0.25, 0.3) is 0 Å². The Labute approximate surface area is 765 Å². The van der Waals surface area contributed by atoms with Crippen molar-refractivity contribution in [1.29, 1.82) is 0 Å². The molecule has 7 saturated heterocycles. The molecular formula is C102H219N13O8. The highest BCUT2D eigenvalue weighted by Gasteiger charge is 2.38. The minimum absolute atomic E-state index is 0. The van der Waals surface area contributed by atoms with Crippen LogP contribution in [0.1, 0.15) is 392 Å². The van der Waals surface area contributed by atoms with Crippen molar-refractivity contribution < 1.29 is 39.6 Å². The fourth-order valence-electron chi connectivity index (χ4n) is 16.1. The van der Waals surface area contributed by atoms with Gasteiger partial charge in [-0.05, 0) is 308 Å². The Morgan fingerprint density at radius 1 is 0.341 bits per heavy atom. The van der Waals surface area contributed by atoms with Gasteiger partial charge in [0.15, 0.2) is 0 Å². The van der Waals surface area contributed by atoms with E-state index >= 15 is 0 Å². The van der Waals surface area contributed by atoms with Crippen molar-refractivity contribution >= 4 is 12.3 Å². The summed E-state index contributed by atoms with van der Waals surface area (Å²) in [5.74, 6) is 3.75. The van der Waals surface area contributed by atoms with Gasteiger partial charge in [0.25, 0.3) is 0 Å². The van der Waals surface area contributed by atoms with Crippen LogP contribution in [0.3, 0.4) is 0 Å². The van der Waals surface area contributed by atoms with Gasteiger partial charge in [0.2, 0.25) is 0 Å². The van der Waals surface area contributed by atoms with Gasteiger partial charge in [-0.1, -0.05) is 152 Å². The van der Waals surface area contributed by atoms with Crippen molar-refractivity contribution in [2.75, 3.05) is 98.2 Å². The van der Waals surface area contributed by atoms with Crippen molar-refractivity contribution in [3.05, 3.63) is 0 Å². The van der Waals surface area contributed by atoms with E-state index in [4.69, 9.17) is 29.4 Å². The molecule has 0 aromatic heterocycles. The largest absolute Gasteiger partial charge is 0.392 e. The van der Waals surface area contributed by atoms with E-state index in [1.807, 2.05) is 0 Å². The molecule has 0 bridgehead atoms. The molecule has 0 radical (unpaired) electrons. The summed E-state index contributed by atoms with van der Waals surface area (Å²) in [5, 5.41) is 56.3. The first-order valence-electron chi connectivity index (χ1n) is 50.3. The van der Waals surface area contributed by atoms with E-state index in [2.05, 4.69) is 302 Å². The van der Waals surface area contributed by atoms with Gasteiger partial charge in [0.1, 0.15) is 0 Å². The maximum absolute atomic E-state index is 9.56. The van der Waals surface area contributed by atoms with Crippen LogP contribution in [0.5, 0.6) is 0 Å². The Hall–Kier alpha value is -1.92. The number of carbonyl (C=O) groups excluding carboxylic acids is 4. The summed E-state index contributed by atoms with van der Waals surface area (Å²) in [4.78, 5) is 50.4. The Kier molecular flexibility index (Phi) is 79.6. The SMILES string of the molecule is C.CC(C)N1CCCC1.CC(C)N1CC[C@@H](C)C1.CC(C)N1CC[C@@H](C)C1.CC(C)N1CC[C@H](C)C1.CC(C)N1CC[C@H](C)C1.CC(C)NC1(C)CC1.CC(C)NCC1(C)CC1.CC(C)NC[C@@H](C)O.CC(C)NC[C@H](C)O.CC(C)N[C@H]1CCCC[C@H]1O.CC(C)N[C@H]1CCC[C@H]1O.CC[C@@H]1CCN1C(C)C.CC[C@H]1CCN1C(C)C.O=C=O.O=C=O. The Balaban J connectivity index is -0.000000407. The van der Waals surface area contributed by atoms with Crippen molar-refractivity contribution in [2.45, 2.75) is 524 Å². The third-order valence-electron chi connectivity index (χ3n) is 24.9. The molecule has 7 heterocycles. The summed E-state index contributed by atoms with van der Waals surface area (Å²) in [6.07, 6.45) is 27.2. The number of hydrogen-bond donors (Lipinski definition) is 10. The van der Waals surface area contributed by atoms with Crippen molar-refractivity contribution in [3.63, 3.8) is 0 Å². The van der Waals surface area contributed by atoms with Crippen molar-refractivity contribution in [3.8, 4) is 0 Å². The quantitative estimate of drug-likeness (QED) is 0.0432. The first-order valence-corrected chi connectivity index (χ1v) is 50.3. The van der Waals surface area contributed by atoms with Gasteiger partial charge in [-0.3, -0.25) is 9.80 Å². The van der Waals surface area contributed by atoms with Crippen molar-refractivity contribution in [2.24, 2.45) is 29.1 Å². The minimum Gasteiger partial charge on any atom is -0.392 e. The predicted octanol–water partition coefficient (Wildman–Crippen LogP) is 17.9. The monoisotopic (exact) mass is 1750 g/mol. The third-order valence-corrected chi connectivity index (χ3v) is 24.9. The average molecular weight is 1760 g/mol. The summed E-state index contributed by atoms with van der Waals surface area (Å²) in [7, 11) is 0. The predicted molar refractivity (Wildman–Crippen MR) is 530 cm³/mol. The molecule has 21 nitrogen and oxygen atoms in total. The molecule has 4 saturated carbocycles. The lowest BCUT2D eigenvalue weighted by atomic mass is 9.92. The fourth-order valence-corrected chi connectivity index (χ4v) is 16.1. The van der Waals surface area contributed by atoms with Crippen molar-refractivity contribution in [1.82, 2.24) is 66.2 Å². The summed E-state index contributed by atoms with van der Waals surface area (Å²) < 4.78 is 0. The number of aliphatic hydroxyl groups is 4. The Morgan fingerprint density at radius 2 is 0.626 bits per heavy atom. The van der Waals surface area contributed by atoms with E-state index in [1.165, 1.54) is 194 Å². The normalized spacial score (nSPS) is 25.4. The van der Waals surface area contributed by atoms with Crippen LogP contribution in [0.15, 0.2) is 0 Å². The first-order chi connectivity index (χ1) is 56.8. The molecule has 123 heavy (non-hydrogen) atoms. The van der Waals surface area contributed by atoms with Gasteiger partial charge >= 0.3 is 12.3 Å². The van der Waals surface area contributed by atoms with Gasteiger partial charge in [-0.2, -0.15) is 19.2 Å². The zero-order chi connectivity index (χ0) is 94.6. The van der Waals surface area contributed by atoms with E-state index in [0.717, 1.165) is 104 Å². The summed E-state index contributed by atoms with van der Waals surface area (Å²) in [5.41, 5.74) is 1.19. The third kappa shape index (κ3) is 73.4. The van der Waals surface area contributed by atoms with Crippen LogP contribution in [-0.2, 0) is 19.2 Å². The average Bonchev–Trinajstić information content (AvgIpc) is 1.74. The molecule has 0 spiro atoms. The number of aliphatic hydroxyl groups excluding tert-OH is 4. The molecule has 21 heteroatoms. The lowest BCUT2D eigenvalue weighted by molar-refractivity contribution is -0.193. The van der Waals surface area contributed by atoms with Gasteiger partial charge in [0, 0.05) is 167 Å². The molecule has 11 fully saturated rings. The molecule has 0 unspecified atom stereocenters. The van der Waals surface area contributed by atoms with Gasteiger partial charge < -0.3 is 76.8 Å². The summed E-state index contributed by atoms with van der Waals surface area (Å²) in [6, 6.07) is 11.1. The van der Waals surface area contributed by atoms with Crippen LogP contribution in [0.2, 0.25) is 0 Å². The lowest BCUT2D eigenvalue weighted by Crippen LogP contribution is -2.50. The fraction of sp³-hybridized carbons (Fsp3) is 0.980. The van der Waals surface area contributed by atoms with E-state index in [0.29, 0.717) is 72.4 Å². The molecular weight excluding hydrogens is 1540 g/mol. The molecule has 11 rings (SSSR count). The highest BCUT2D eigenvalue weighted by atomic mass is 16.3. The van der Waals surface area contributed by atoms with Crippen LogP contribution >= 0.6 is 0 Å². The number of nitrogens with one attached hydrogen (secondary N) is 6. The molecule has 0 amide bonds. The molecule has 10 N–H and O–H groups in total. The van der Waals surface area contributed by atoms with Crippen LogP contribution < -0.4 is 31.9 Å². The summed E-state index contributed by atoms with van der Waals surface area (Å²) in [6.45, 7) is 97.9. The number of hydrogen-bond acceptors (Lipinski definition) is 21. The van der Waals surface area contributed by atoms with Crippen LogP contribution in [0, 0.1) is 29.1 Å². The van der Waals surface area contributed by atoms with Crippen LogP contribution in [0.4, 0.5) is 0 Å². The molecule has 7 aliphatic heterocycles. The standard InChI is InChI=1S/C9H19NO.C8H17NO.7C8H17N.2C7H15N.2C6H15NO.2CO2.CH4/c1-7(2)10-8-5-3-4-6-9(8)11;1-6(2)9-7-4-3-5-8(7)10;4*1-7(2)9-5-4-8(3)6-9;1-7(2)9-6-8(3)4-5-8;2*1-4-8-5-6-9(8)7(2)3;1-6(2)8-7(3)4-5-7;1-7(2)8-5-3-4-6-8;2*1-5(2)7-4-6(3)8;2*2-1-3;/h7-11H,3-6H2,1-2H3;6-10H,3-5H2,1-2H3;4*7-8H,4-6H2,1-3H3;7,9H,4-6H2,1-3H3;2*7-8H,4-6H2,1-3H3;6,8H,4-5H2,1-3H3;7H,3-6H2,1-2H3;2*5-8H,4H2,1-3H3;;;1H4/t8-,9+;7-,8+;4*8-;;2*8-;;;2*6-;;;/m001100.10..10.../s1. The van der Waals surface area contributed by atoms with E-state index in [9.17, 15) is 10.2 Å². The van der Waals surface area contributed by atoms with Crippen LogP contribution in [-0.4, -0.2) is 298 Å². The second-order valence-corrected chi connectivity index (χ2v) is 42.5. The first kappa shape index (κ1) is 130. The van der Waals surface area contributed by atoms with E-state index < -0.39 is 0 Å². The lowest BCUT2D eigenvalue weighted by Gasteiger charge is -2.43. The second-order valence-electron chi connectivity index (χ2n) is 42.5. The summed E-state index contributed by atoms with van der Waals surface area (Å²) >= 11 is 0. The molecule has 11 aliphatic rings. The van der Waals surface area contributed by atoms with E-state index in [1.54, 1.807) is 13.8 Å². The van der Waals surface area contributed by atoms with Gasteiger partial charge in [-0.15, -0.1) is 0 Å². The highest BCUT2D eigenvalue weighted by Crippen LogP contribution is 2.44. The van der Waals surface area contributed by atoms with Gasteiger partial charge in [0.05, 0.1) is 24.4 Å². The molecule has 4 aliphatic carbocycles. The molecule has 0 aromatic carbocycles. The highest BCUT2D eigenvalue weighted by molar-refractivity contribution is 5.20. The molecule has 740 valence electrons. The molecule has 12 atom stereocenters. The minimum atomic E-state index is -0.225. The zero-order valence-electron chi connectivity index (χ0n) is 87.4. The maximum Gasteiger partial charge on any atom is 0.373 e. The number of likely N-dealkylation sites (tertiary alicyclic amines) is 7.